The second-order valence-electron chi connectivity index (χ2n) is 9.65. The average molecular weight is 607 g/mol. The standard InChI is InChI=1S/C26H42N10O7/c27-16(14-15-6-2-1-3-7-15)21(39)34-17(8-4-12-32-25(28)29)22(40)35-18(9-5-13-33-26(30)31)23(41)36-19(24(42)43)10-11-20(37)38/h1-3,6-7,16-19H,4-5,8-14,27H2,(H,34,39)(H,35,40)(H,36,41)(H,37,38)(H,42,43)(H4,28,29,32)(H4,30,31,33). The van der Waals surface area contributed by atoms with Gasteiger partial charge in [-0.3, -0.25) is 29.2 Å². The molecule has 0 aliphatic carbocycles. The number of carboxylic acids is 2. The highest BCUT2D eigenvalue weighted by Crippen LogP contribution is 2.07. The molecule has 0 fully saturated rings. The first-order valence-corrected chi connectivity index (χ1v) is 13.6. The maximum Gasteiger partial charge on any atom is 0.326 e. The number of aliphatic carboxylic acids is 2. The molecule has 0 spiro atoms. The number of rotatable bonds is 20. The first kappa shape index (κ1) is 36.1. The molecule has 15 N–H and O–H groups in total. The van der Waals surface area contributed by atoms with E-state index in [9.17, 15) is 29.1 Å². The van der Waals surface area contributed by atoms with Gasteiger partial charge in [0.25, 0.3) is 0 Å². The zero-order valence-electron chi connectivity index (χ0n) is 23.8. The highest BCUT2D eigenvalue weighted by Gasteiger charge is 2.30. The van der Waals surface area contributed by atoms with Crippen molar-refractivity contribution in [1.82, 2.24) is 16.0 Å². The van der Waals surface area contributed by atoms with Crippen LogP contribution in [0.2, 0.25) is 0 Å². The molecule has 0 saturated heterocycles. The van der Waals surface area contributed by atoms with Gasteiger partial charge in [-0.05, 0) is 44.1 Å². The summed E-state index contributed by atoms with van der Waals surface area (Å²) in [6.45, 7) is 0.265. The second-order valence-corrected chi connectivity index (χ2v) is 9.65. The van der Waals surface area contributed by atoms with Crippen molar-refractivity contribution in [2.75, 3.05) is 13.1 Å². The number of nitrogens with two attached hydrogens (primary N) is 5. The molecule has 1 rings (SSSR count). The van der Waals surface area contributed by atoms with E-state index in [0.717, 1.165) is 5.56 Å². The summed E-state index contributed by atoms with van der Waals surface area (Å²) >= 11 is 0. The van der Waals surface area contributed by atoms with E-state index in [1.807, 2.05) is 6.07 Å². The largest absolute Gasteiger partial charge is 0.481 e. The third-order valence-electron chi connectivity index (χ3n) is 6.05. The maximum atomic E-state index is 13.4. The van der Waals surface area contributed by atoms with Crippen LogP contribution in [0.25, 0.3) is 0 Å². The summed E-state index contributed by atoms with van der Waals surface area (Å²) in [7, 11) is 0. The van der Waals surface area contributed by atoms with E-state index in [1.165, 1.54) is 0 Å². The van der Waals surface area contributed by atoms with Crippen LogP contribution in [0.3, 0.4) is 0 Å². The van der Waals surface area contributed by atoms with Gasteiger partial charge in [-0.25, -0.2) is 4.79 Å². The van der Waals surface area contributed by atoms with Crippen molar-refractivity contribution in [3.8, 4) is 0 Å². The second kappa shape index (κ2) is 19.2. The van der Waals surface area contributed by atoms with Crippen LogP contribution in [0.4, 0.5) is 0 Å². The lowest BCUT2D eigenvalue weighted by Crippen LogP contribution is -2.57. The molecular formula is C26H42N10O7. The highest BCUT2D eigenvalue weighted by molar-refractivity contribution is 5.94. The molecule has 0 bridgehead atoms. The molecule has 0 aliphatic rings. The number of guanidine groups is 2. The van der Waals surface area contributed by atoms with E-state index >= 15 is 0 Å². The third-order valence-corrected chi connectivity index (χ3v) is 6.05. The fourth-order valence-electron chi connectivity index (χ4n) is 3.85. The van der Waals surface area contributed by atoms with Crippen LogP contribution < -0.4 is 44.6 Å². The van der Waals surface area contributed by atoms with Gasteiger partial charge in [0.15, 0.2) is 11.9 Å². The molecule has 3 amide bonds. The predicted octanol–water partition coefficient (Wildman–Crippen LogP) is -2.93. The van der Waals surface area contributed by atoms with Crippen molar-refractivity contribution < 1.29 is 34.2 Å². The van der Waals surface area contributed by atoms with Crippen LogP contribution in [0, 0.1) is 0 Å². The van der Waals surface area contributed by atoms with Gasteiger partial charge in [-0.1, -0.05) is 30.3 Å². The van der Waals surface area contributed by atoms with E-state index in [0.29, 0.717) is 0 Å². The third kappa shape index (κ3) is 15.6. The zero-order valence-corrected chi connectivity index (χ0v) is 23.8. The van der Waals surface area contributed by atoms with Crippen molar-refractivity contribution in [1.29, 1.82) is 0 Å². The lowest BCUT2D eigenvalue weighted by molar-refractivity contribution is -0.143. The topological polar surface area (TPSA) is 317 Å². The van der Waals surface area contributed by atoms with Crippen molar-refractivity contribution in [2.45, 2.75) is 69.1 Å². The fourth-order valence-corrected chi connectivity index (χ4v) is 3.85. The minimum absolute atomic E-state index is 0.0121. The summed E-state index contributed by atoms with van der Waals surface area (Å²) in [6, 6.07) is 4.09. The lowest BCUT2D eigenvalue weighted by Gasteiger charge is -2.25. The molecule has 43 heavy (non-hydrogen) atoms. The number of carbonyl (C=O) groups is 5. The summed E-state index contributed by atoms with van der Waals surface area (Å²) < 4.78 is 0. The Bertz CT molecular complexity index is 1140. The van der Waals surface area contributed by atoms with Crippen LogP contribution >= 0.6 is 0 Å². The van der Waals surface area contributed by atoms with Crippen LogP contribution in [-0.2, 0) is 30.4 Å². The van der Waals surface area contributed by atoms with E-state index in [2.05, 4.69) is 25.9 Å². The molecule has 17 nitrogen and oxygen atoms in total. The van der Waals surface area contributed by atoms with E-state index < -0.39 is 60.2 Å². The molecule has 17 heteroatoms. The maximum absolute atomic E-state index is 13.4. The molecule has 4 unspecified atom stereocenters. The van der Waals surface area contributed by atoms with Gasteiger partial charge in [0.05, 0.1) is 6.04 Å². The minimum atomic E-state index is -1.52. The molecule has 0 heterocycles. The zero-order chi connectivity index (χ0) is 32.4. The van der Waals surface area contributed by atoms with E-state index in [4.69, 9.17) is 33.8 Å². The molecule has 0 radical (unpaired) electrons. The van der Waals surface area contributed by atoms with Crippen molar-refractivity contribution in [3.63, 3.8) is 0 Å². The first-order chi connectivity index (χ1) is 20.3. The van der Waals surface area contributed by atoms with Crippen molar-refractivity contribution in [3.05, 3.63) is 35.9 Å². The number of carbonyl (C=O) groups excluding carboxylic acids is 3. The summed E-state index contributed by atoms with van der Waals surface area (Å²) in [5.41, 5.74) is 28.3. The van der Waals surface area contributed by atoms with E-state index in [1.54, 1.807) is 24.3 Å². The quantitative estimate of drug-likeness (QED) is 0.0405. The van der Waals surface area contributed by atoms with Crippen LogP contribution in [-0.4, -0.2) is 89.0 Å². The highest BCUT2D eigenvalue weighted by atomic mass is 16.4. The summed E-state index contributed by atoms with van der Waals surface area (Å²) in [5.74, 6) is -5.25. The Morgan fingerprint density at radius 2 is 1.16 bits per heavy atom. The molecule has 0 saturated carbocycles. The van der Waals surface area contributed by atoms with Crippen LogP contribution in [0.5, 0.6) is 0 Å². The van der Waals surface area contributed by atoms with Gasteiger partial charge in [0, 0.05) is 19.5 Å². The van der Waals surface area contributed by atoms with Crippen LogP contribution in [0.1, 0.15) is 44.1 Å². The van der Waals surface area contributed by atoms with Gasteiger partial charge in [0.2, 0.25) is 17.7 Å². The monoisotopic (exact) mass is 606 g/mol. The lowest BCUT2D eigenvalue weighted by atomic mass is 10.0. The number of carboxylic acid groups (broad SMARTS) is 2. The van der Waals surface area contributed by atoms with Crippen molar-refractivity contribution in [2.24, 2.45) is 38.7 Å². The molecule has 1 aromatic carbocycles. The fraction of sp³-hybridized carbons (Fsp3) is 0.500. The SMILES string of the molecule is NC(N)=NCCCC(NC(=O)C(N)Cc1ccccc1)C(=O)NC(CCCN=C(N)N)C(=O)NC(CCC(=O)O)C(=O)O. The molecular weight excluding hydrogens is 564 g/mol. The minimum Gasteiger partial charge on any atom is -0.481 e. The van der Waals surface area contributed by atoms with E-state index in [-0.39, 0.29) is 63.5 Å². The van der Waals surface area contributed by atoms with Gasteiger partial charge < -0.3 is 54.8 Å². The Balaban J connectivity index is 3.10. The number of nitrogens with one attached hydrogen (secondary N) is 3. The van der Waals surface area contributed by atoms with Gasteiger partial charge in [-0.2, -0.15) is 0 Å². The Kier molecular flexibility index (Phi) is 16.1. The number of hydrogen-bond donors (Lipinski definition) is 10. The van der Waals surface area contributed by atoms with Crippen molar-refractivity contribution >= 4 is 41.6 Å². The molecule has 238 valence electrons. The summed E-state index contributed by atoms with van der Waals surface area (Å²) in [4.78, 5) is 69.6. The number of aliphatic imine (C=N–C) groups is 2. The first-order valence-electron chi connectivity index (χ1n) is 13.6. The van der Waals surface area contributed by atoms with Crippen LogP contribution in [0.15, 0.2) is 40.3 Å². The predicted molar refractivity (Wildman–Crippen MR) is 158 cm³/mol. The Labute approximate surface area is 248 Å². The van der Waals surface area contributed by atoms with Gasteiger partial charge in [0.1, 0.15) is 18.1 Å². The number of nitrogens with zero attached hydrogens (tertiary/aromatic N) is 2. The summed E-state index contributed by atoms with van der Waals surface area (Å²) in [5, 5.41) is 25.8. The molecule has 4 atom stereocenters. The van der Waals surface area contributed by atoms with Gasteiger partial charge in [-0.15, -0.1) is 0 Å². The normalized spacial score (nSPS) is 13.3. The molecule has 0 aromatic heterocycles. The average Bonchev–Trinajstić information content (AvgIpc) is 2.93. The summed E-state index contributed by atoms with van der Waals surface area (Å²) in [6.07, 6.45) is -0.126. The number of benzene rings is 1. The smallest absolute Gasteiger partial charge is 0.326 e. The number of hydrogen-bond acceptors (Lipinski definition) is 8. The number of amides is 3. The molecule has 1 aromatic rings. The molecule has 0 aliphatic heterocycles. The Hall–Kier alpha value is -4.93. The Morgan fingerprint density at radius 1 is 0.698 bits per heavy atom. The van der Waals surface area contributed by atoms with Gasteiger partial charge >= 0.3 is 11.9 Å². The Morgan fingerprint density at radius 3 is 1.60 bits per heavy atom.